The van der Waals surface area contributed by atoms with Crippen LogP contribution in [0.15, 0.2) is 48.8 Å². The molecule has 0 amide bonds. The number of ether oxygens (including phenoxy) is 1. The minimum absolute atomic E-state index is 0.0874. The molecule has 2 aromatic carbocycles. The van der Waals surface area contributed by atoms with Gasteiger partial charge in [-0.25, -0.2) is 23.2 Å². The van der Waals surface area contributed by atoms with Gasteiger partial charge >= 0.3 is 5.97 Å². The van der Waals surface area contributed by atoms with E-state index < -0.39 is 17.6 Å². The molecule has 2 aromatic heterocycles. The van der Waals surface area contributed by atoms with E-state index in [1.165, 1.54) is 34.5 Å². The van der Waals surface area contributed by atoms with Gasteiger partial charge in [0, 0.05) is 28.5 Å². The van der Waals surface area contributed by atoms with Gasteiger partial charge in [-0.05, 0) is 36.4 Å². The van der Waals surface area contributed by atoms with Gasteiger partial charge in [-0.2, -0.15) is 5.10 Å². The second-order valence-corrected chi connectivity index (χ2v) is 7.79. The first kappa shape index (κ1) is 18.4. The fourth-order valence-corrected chi connectivity index (χ4v) is 4.58. The predicted octanol–water partition coefficient (Wildman–Crippen LogP) is 4.57. The molecular weight excluding hydrogens is 412 g/mol. The van der Waals surface area contributed by atoms with E-state index >= 15 is 0 Å². The van der Waals surface area contributed by atoms with Crippen molar-refractivity contribution in [1.82, 2.24) is 14.8 Å². The van der Waals surface area contributed by atoms with E-state index in [2.05, 4.69) is 10.1 Å². The molecule has 0 radical (unpaired) electrons. The Labute approximate surface area is 173 Å². The summed E-state index contributed by atoms with van der Waals surface area (Å²) in [6.45, 7) is 0.450. The zero-order valence-electron chi connectivity index (χ0n) is 15.3. The van der Waals surface area contributed by atoms with Crippen LogP contribution in [-0.4, -0.2) is 32.4 Å². The molecule has 4 aromatic rings. The van der Waals surface area contributed by atoms with Gasteiger partial charge in [0.25, 0.3) is 0 Å². The molecule has 9 heteroatoms. The summed E-state index contributed by atoms with van der Waals surface area (Å²) in [5.41, 5.74) is 1.78. The van der Waals surface area contributed by atoms with Crippen molar-refractivity contribution in [2.24, 2.45) is 0 Å². The highest BCUT2D eigenvalue weighted by atomic mass is 32.1. The van der Waals surface area contributed by atoms with Crippen LogP contribution >= 0.6 is 11.3 Å². The van der Waals surface area contributed by atoms with E-state index in [1.54, 1.807) is 12.1 Å². The van der Waals surface area contributed by atoms with Gasteiger partial charge in [-0.3, -0.25) is 0 Å². The monoisotopic (exact) mass is 425 g/mol. The lowest BCUT2D eigenvalue weighted by Gasteiger charge is -2.08. The van der Waals surface area contributed by atoms with E-state index in [0.717, 1.165) is 27.5 Å². The van der Waals surface area contributed by atoms with Crippen molar-refractivity contribution in [3.8, 4) is 33.3 Å². The highest BCUT2D eigenvalue weighted by Gasteiger charge is 2.23. The van der Waals surface area contributed by atoms with E-state index in [0.29, 0.717) is 30.2 Å². The lowest BCUT2D eigenvalue weighted by atomic mass is 10.0. The third kappa shape index (κ3) is 3.03. The molecule has 3 heterocycles. The predicted molar refractivity (Wildman–Crippen MR) is 106 cm³/mol. The van der Waals surface area contributed by atoms with Gasteiger partial charge in [-0.1, -0.05) is 0 Å². The summed E-state index contributed by atoms with van der Waals surface area (Å²) in [5, 5.41) is 13.5. The van der Waals surface area contributed by atoms with Crippen molar-refractivity contribution in [3.63, 3.8) is 0 Å². The number of halogens is 2. The van der Waals surface area contributed by atoms with E-state index in [-0.39, 0.29) is 11.3 Å². The highest BCUT2D eigenvalue weighted by Crippen LogP contribution is 2.43. The lowest BCUT2D eigenvalue weighted by Crippen LogP contribution is -2.02. The average Bonchev–Trinajstić information content (AvgIpc) is 3.32. The fraction of sp³-hybridized carbons (Fsp3) is 0.0952. The number of carbonyl (C=O) groups is 1. The first-order valence-electron chi connectivity index (χ1n) is 9.00. The molecule has 1 aliphatic rings. The number of aromatic carboxylic acids is 1. The summed E-state index contributed by atoms with van der Waals surface area (Å²) in [7, 11) is 0. The Morgan fingerprint density at radius 2 is 2.00 bits per heavy atom. The number of benzene rings is 2. The molecule has 0 unspecified atom stereocenters. The third-order valence-electron chi connectivity index (χ3n) is 4.82. The Hall–Kier alpha value is -3.59. The zero-order chi connectivity index (χ0) is 20.8. The molecular formula is C21H13F2N3O3S. The van der Waals surface area contributed by atoms with Crippen LogP contribution in [0.25, 0.3) is 27.5 Å². The average molecular weight is 425 g/mol. The molecule has 0 bridgehead atoms. The maximum Gasteiger partial charge on any atom is 0.335 e. The number of carboxylic acid groups (broad SMARTS) is 1. The number of rotatable bonds is 3. The van der Waals surface area contributed by atoms with Gasteiger partial charge < -0.3 is 9.84 Å². The van der Waals surface area contributed by atoms with Crippen LogP contribution in [0.2, 0.25) is 0 Å². The topological polar surface area (TPSA) is 77.2 Å². The number of thiophene rings is 1. The van der Waals surface area contributed by atoms with Gasteiger partial charge in [0.15, 0.2) is 11.6 Å². The molecule has 150 valence electrons. The van der Waals surface area contributed by atoms with Crippen molar-refractivity contribution >= 4 is 17.3 Å². The molecule has 5 rings (SSSR count). The normalized spacial score (nSPS) is 12.6. The first-order valence-corrected chi connectivity index (χ1v) is 9.82. The molecule has 1 aliphatic heterocycles. The second kappa shape index (κ2) is 7.03. The van der Waals surface area contributed by atoms with Crippen LogP contribution in [-0.2, 0) is 6.42 Å². The van der Waals surface area contributed by atoms with Crippen molar-refractivity contribution in [3.05, 3.63) is 70.9 Å². The number of carboxylic acids is 1. The smallest absolute Gasteiger partial charge is 0.335 e. The van der Waals surface area contributed by atoms with Gasteiger partial charge in [0.05, 0.1) is 17.0 Å². The van der Waals surface area contributed by atoms with Crippen molar-refractivity contribution in [2.45, 2.75) is 6.42 Å². The summed E-state index contributed by atoms with van der Waals surface area (Å²) in [5.74, 6) is -1.42. The van der Waals surface area contributed by atoms with Crippen LogP contribution in [0.3, 0.4) is 0 Å². The lowest BCUT2D eigenvalue weighted by molar-refractivity contribution is 0.0697. The van der Waals surface area contributed by atoms with Crippen molar-refractivity contribution in [1.29, 1.82) is 0 Å². The SMILES string of the molecule is O=C(O)c1ccc2c(c1)-c1cc(-c3ncnn3-c3ccc(F)cc3F)sc1CCO2. The van der Waals surface area contributed by atoms with Crippen molar-refractivity contribution < 1.29 is 23.4 Å². The quantitative estimate of drug-likeness (QED) is 0.520. The first-order chi connectivity index (χ1) is 14.5. The number of hydrogen-bond acceptors (Lipinski definition) is 5. The summed E-state index contributed by atoms with van der Waals surface area (Å²) in [4.78, 5) is 17.4. The Morgan fingerprint density at radius 1 is 1.13 bits per heavy atom. The van der Waals surface area contributed by atoms with E-state index in [9.17, 15) is 18.7 Å². The van der Waals surface area contributed by atoms with Crippen molar-refractivity contribution in [2.75, 3.05) is 6.61 Å². The van der Waals surface area contributed by atoms with Crippen LogP contribution < -0.4 is 4.74 Å². The molecule has 0 spiro atoms. The molecule has 0 atom stereocenters. The molecule has 0 saturated carbocycles. The molecule has 0 saturated heterocycles. The van der Waals surface area contributed by atoms with Crippen LogP contribution in [0.5, 0.6) is 5.75 Å². The number of aromatic nitrogens is 3. The van der Waals surface area contributed by atoms with Crippen LogP contribution in [0, 0.1) is 11.6 Å². The Balaban J connectivity index is 1.64. The van der Waals surface area contributed by atoms with E-state index in [1.807, 2.05) is 6.07 Å². The van der Waals surface area contributed by atoms with Crippen LogP contribution in [0.1, 0.15) is 15.2 Å². The number of fused-ring (bicyclic) bond motifs is 3. The van der Waals surface area contributed by atoms with Crippen LogP contribution in [0.4, 0.5) is 8.78 Å². The largest absolute Gasteiger partial charge is 0.493 e. The van der Waals surface area contributed by atoms with Gasteiger partial charge in [-0.15, -0.1) is 11.3 Å². The highest BCUT2D eigenvalue weighted by molar-refractivity contribution is 7.16. The maximum atomic E-state index is 14.3. The summed E-state index contributed by atoms with van der Waals surface area (Å²) >= 11 is 1.45. The molecule has 1 N–H and O–H groups in total. The minimum Gasteiger partial charge on any atom is -0.493 e. The third-order valence-corrected chi connectivity index (χ3v) is 6.01. The molecule has 30 heavy (non-hydrogen) atoms. The summed E-state index contributed by atoms with van der Waals surface area (Å²) in [6, 6.07) is 9.89. The molecule has 0 aliphatic carbocycles. The van der Waals surface area contributed by atoms with Gasteiger partial charge in [0.1, 0.15) is 23.6 Å². The molecule has 6 nitrogen and oxygen atoms in total. The minimum atomic E-state index is -1.02. The molecule has 0 fully saturated rings. The standard InChI is InChI=1S/C21H13F2N3O3S/c22-12-2-3-16(15(23)8-12)26-20(24-10-25-26)19-9-14-13-7-11(21(27)28)1-4-17(13)29-6-5-18(14)30-19/h1-4,7-10H,5-6H2,(H,27,28). The Morgan fingerprint density at radius 3 is 2.80 bits per heavy atom. The Bertz CT molecular complexity index is 1300. The van der Waals surface area contributed by atoms with Gasteiger partial charge in [0.2, 0.25) is 0 Å². The Kier molecular flexibility index (Phi) is 4.32. The second-order valence-electron chi connectivity index (χ2n) is 6.65. The van der Waals surface area contributed by atoms with E-state index in [4.69, 9.17) is 4.74 Å². The summed E-state index contributed by atoms with van der Waals surface area (Å²) < 4.78 is 34.7. The maximum absolute atomic E-state index is 14.3. The number of nitrogens with zero attached hydrogens (tertiary/aromatic N) is 3. The number of hydrogen-bond donors (Lipinski definition) is 1. The zero-order valence-corrected chi connectivity index (χ0v) is 16.1. The summed E-state index contributed by atoms with van der Waals surface area (Å²) in [6.07, 6.45) is 1.94. The fourth-order valence-electron chi connectivity index (χ4n) is 3.44.